The van der Waals surface area contributed by atoms with Crippen LogP contribution in [0.2, 0.25) is 0 Å². The highest BCUT2D eigenvalue weighted by Crippen LogP contribution is 2.19. The third-order valence-corrected chi connectivity index (χ3v) is 4.95. The van der Waals surface area contributed by atoms with Crippen molar-refractivity contribution in [3.05, 3.63) is 29.1 Å². The van der Waals surface area contributed by atoms with Crippen molar-refractivity contribution >= 4 is 10.0 Å². The van der Waals surface area contributed by atoms with E-state index in [-0.39, 0.29) is 22.6 Å². The Morgan fingerprint density at radius 2 is 1.90 bits per heavy atom. The first-order valence-corrected chi connectivity index (χ1v) is 8.32. The topological polar surface area (TPSA) is 72.2 Å². The van der Waals surface area contributed by atoms with Crippen LogP contribution in [-0.4, -0.2) is 15.0 Å². The number of hydrogen-bond acceptors (Lipinski definition) is 3. The lowest BCUT2D eigenvalue weighted by Crippen LogP contribution is -2.29. The third-order valence-electron chi connectivity index (χ3n) is 3.55. The number of nitrogens with one attached hydrogen (secondary N) is 1. The van der Waals surface area contributed by atoms with E-state index in [2.05, 4.69) is 4.72 Å². The van der Waals surface area contributed by atoms with Crippen molar-refractivity contribution < 1.29 is 12.8 Å². The molecule has 20 heavy (non-hydrogen) atoms. The predicted molar refractivity (Wildman–Crippen MR) is 78.3 cm³/mol. The van der Waals surface area contributed by atoms with Crippen molar-refractivity contribution in [3.63, 3.8) is 0 Å². The minimum atomic E-state index is -3.62. The van der Waals surface area contributed by atoms with Crippen LogP contribution in [-0.2, 0) is 16.6 Å². The second-order valence-corrected chi connectivity index (χ2v) is 6.72. The summed E-state index contributed by atoms with van der Waals surface area (Å²) in [6.07, 6.45) is 1.82. The number of rotatable bonds is 7. The molecule has 0 fully saturated rings. The van der Waals surface area contributed by atoms with E-state index in [1.54, 1.807) is 0 Å². The van der Waals surface area contributed by atoms with Crippen LogP contribution in [0.5, 0.6) is 0 Å². The van der Waals surface area contributed by atoms with E-state index in [0.717, 1.165) is 12.8 Å². The lowest BCUT2D eigenvalue weighted by Gasteiger charge is -2.14. The van der Waals surface area contributed by atoms with Gasteiger partial charge >= 0.3 is 0 Å². The molecule has 1 aromatic rings. The van der Waals surface area contributed by atoms with E-state index in [0.29, 0.717) is 12.5 Å². The minimum absolute atomic E-state index is 0.0252. The summed E-state index contributed by atoms with van der Waals surface area (Å²) in [5.41, 5.74) is 5.95. The SMILES string of the molecule is CCC(CC)CNS(=O)(=O)c1cc(C)c(F)c(CN)c1. The Kier molecular flexibility index (Phi) is 6.10. The number of sulfonamides is 1. The van der Waals surface area contributed by atoms with Crippen molar-refractivity contribution in [2.45, 2.75) is 45.1 Å². The Morgan fingerprint density at radius 3 is 2.40 bits per heavy atom. The van der Waals surface area contributed by atoms with Gasteiger partial charge in [-0.25, -0.2) is 17.5 Å². The maximum atomic E-state index is 13.7. The number of hydrogen-bond donors (Lipinski definition) is 2. The van der Waals surface area contributed by atoms with Gasteiger partial charge in [-0.3, -0.25) is 0 Å². The number of halogens is 1. The molecule has 0 aliphatic rings. The first-order valence-electron chi connectivity index (χ1n) is 6.84. The lowest BCUT2D eigenvalue weighted by atomic mass is 10.0. The highest BCUT2D eigenvalue weighted by atomic mass is 32.2. The van der Waals surface area contributed by atoms with Crippen LogP contribution in [0.3, 0.4) is 0 Å². The maximum absolute atomic E-state index is 13.7. The number of nitrogens with two attached hydrogens (primary N) is 1. The van der Waals surface area contributed by atoms with E-state index in [4.69, 9.17) is 5.73 Å². The van der Waals surface area contributed by atoms with Crippen molar-refractivity contribution in [1.82, 2.24) is 4.72 Å². The van der Waals surface area contributed by atoms with Gasteiger partial charge in [0, 0.05) is 18.7 Å². The molecule has 0 saturated heterocycles. The molecule has 1 rings (SSSR count). The van der Waals surface area contributed by atoms with Crippen LogP contribution in [0, 0.1) is 18.7 Å². The molecule has 114 valence electrons. The molecule has 4 nitrogen and oxygen atoms in total. The van der Waals surface area contributed by atoms with E-state index in [1.807, 2.05) is 13.8 Å². The van der Waals surface area contributed by atoms with E-state index in [1.165, 1.54) is 19.1 Å². The van der Waals surface area contributed by atoms with Crippen LogP contribution < -0.4 is 10.5 Å². The van der Waals surface area contributed by atoms with Crippen molar-refractivity contribution in [3.8, 4) is 0 Å². The van der Waals surface area contributed by atoms with Gasteiger partial charge < -0.3 is 5.73 Å². The highest BCUT2D eigenvalue weighted by Gasteiger charge is 2.18. The van der Waals surface area contributed by atoms with Gasteiger partial charge in [-0.05, 0) is 30.5 Å². The Morgan fingerprint density at radius 1 is 1.30 bits per heavy atom. The standard InChI is InChI=1S/C14H23FN2O2S/c1-4-11(5-2)9-17-20(18,19)13-6-10(3)14(15)12(7-13)8-16/h6-7,11,17H,4-5,8-9,16H2,1-3H3. The molecule has 0 aliphatic carbocycles. The van der Waals surface area contributed by atoms with Gasteiger partial charge in [-0.15, -0.1) is 0 Å². The van der Waals surface area contributed by atoms with Crippen LogP contribution in [0.4, 0.5) is 4.39 Å². The second kappa shape index (κ2) is 7.15. The zero-order valence-electron chi connectivity index (χ0n) is 12.2. The summed E-state index contributed by atoms with van der Waals surface area (Å²) in [5.74, 6) is -0.133. The quantitative estimate of drug-likeness (QED) is 0.812. The van der Waals surface area contributed by atoms with Crippen LogP contribution in [0.1, 0.15) is 37.8 Å². The summed E-state index contributed by atoms with van der Waals surface area (Å²) < 4.78 is 40.7. The number of aryl methyl sites for hydroxylation is 1. The third kappa shape index (κ3) is 4.01. The summed E-state index contributed by atoms with van der Waals surface area (Å²) in [5, 5.41) is 0. The summed E-state index contributed by atoms with van der Waals surface area (Å²) in [6, 6.07) is 2.64. The normalized spacial score (nSPS) is 12.1. The molecule has 0 radical (unpaired) electrons. The fraction of sp³-hybridized carbons (Fsp3) is 0.571. The summed E-state index contributed by atoms with van der Waals surface area (Å²) in [4.78, 5) is 0.0720. The molecule has 0 bridgehead atoms. The first kappa shape index (κ1) is 17.1. The average molecular weight is 302 g/mol. The van der Waals surface area contributed by atoms with Gasteiger partial charge in [0.15, 0.2) is 0 Å². The Labute approximate surface area is 120 Å². The Hall–Kier alpha value is -0.980. The molecule has 0 heterocycles. The van der Waals surface area contributed by atoms with Gasteiger partial charge in [0.2, 0.25) is 10.0 Å². The minimum Gasteiger partial charge on any atom is -0.326 e. The second-order valence-electron chi connectivity index (χ2n) is 4.95. The Balaban J connectivity index is 3.01. The first-order chi connectivity index (χ1) is 9.35. The van der Waals surface area contributed by atoms with Gasteiger partial charge in [-0.2, -0.15) is 0 Å². The predicted octanol–water partition coefficient (Wildman–Crippen LogP) is 2.31. The zero-order chi connectivity index (χ0) is 15.3. The molecule has 6 heteroatoms. The van der Waals surface area contributed by atoms with Crippen LogP contribution in [0.15, 0.2) is 17.0 Å². The molecule has 0 spiro atoms. The zero-order valence-corrected chi connectivity index (χ0v) is 13.1. The Bertz CT molecular complexity index is 555. The molecule has 0 atom stereocenters. The van der Waals surface area contributed by atoms with E-state index in [9.17, 15) is 12.8 Å². The lowest BCUT2D eigenvalue weighted by molar-refractivity contribution is 0.478. The molecule has 3 N–H and O–H groups in total. The molecular formula is C14H23FN2O2S. The molecule has 0 aromatic heterocycles. The van der Waals surface area contributed by atoms with Crippen LogP contribution >= 0.6 is 0 Å². The molecule has 0 saturated carbocycles. The molecule has 0 amide bonds. The summed E-state index contributed by atoms with van der Waals surface area (Å²) >= 11 is 0. The molecule has 0 aliphatic heterocycles. The van der Waals surface area contributed by atoms with Gasteiger partial charge in [0.25, 0.3) is 0 Å². The van der Waals surface area contributed by atoms with Crippen molar-refractivity contribution in [2.75, 3.05) is 6.54 Å². The number of benzene rings is 1. The van der Waals surface area contributed by atoms with Gasteiger partial charge in [0.05, 0.1) is 4.90 Å². The fourth-order valence-electron chi connectivity index (χ4n) is 2.00. The van der Waals surface area contributed by atoms with E-state index >= 15 is 0 Å². The highest BCUT2D eigenvalue weighted by molar-refractivity contribution is 7.89. The fourth-order valence-corrected chi connectivity index (χ4v) is 3.25. The van der Waals surface area contributed by atoms with Gasteiger partial charge in [0.1, 0.15) is 5.82 Å². The molecule has 0 unspecified atom stereocenters. The average Bonchev–Trinajstić information content (AvgIpc) is 2.42. The molecule has 1 aromatic carbocycles. The van der Waals surface area contributed by atoms with Crippen molar-refractivity contribution in [2.24, 2.45) is 11.7 Å². The van der Waals surface area contributed by atoms with Crippen molar-refractivity contribution in [1.29, 1.82) is 0 Å². The smallest absolute Gasteiger partial charge is 0.240 e. The van der Waals surface area contributed by atoms with E-state index < -0.39 is 15.8 Å². The van der Waals surface area contributed by atoms with Crippen LogP contribution in [0.25, 0.3) is 0 Å². The maximum Gasteiger partial charge on any atom is 0.240 e. The summed E-state index contributed by atoms with van der Waals surface area (Å²) in [7, 11) is -3.62. The summed E-state index contributed by atoms with van der Waals surface area (Å²) in [6.45, 7) is 5.95. The molecular weight excluding hydrogens is 279 g/mol. The largest absolute Gasteiger partial charge is 0.326 e. The van der Waals surface area contributed by atoms with Gasteiger partial charge in [-0.1, -0.05) is 26.7 Å². The monoisotopic (exact) mass is 302 g/mol.